The Kier molecular flexibility index (Phi) is 5.14. The van der Waals surface area contributed by atoms with Crippen LogP contribution in [0.5, 0.6) is 0 Å². The first-order valence-corrected chi connectivity index (χ1v) is 7.44. The maximum Gasteiger partial charge on any atom is 0.417 e. The molecule has 1 fully saturated rings. The fourth-order valence-electron chi connectivity index (χ4n) is 2.60. The number of hydrogen-bond acceptors (Lipinski definition) is 1. The molecule has 0 aliphatic heterocycles. The summed E-state index contributed by atoms with van der Waals surface area (Å²) in [6.07, 6.45) is -0.122. The first kappa shape index (κ1) is 16.1. The van der Waals surface area contributed by atoms with Gasteiger partial charge in [0, 0.05) is 6.04 Å². The van der Waals surface area contributed by atoms with E-state index >= 15 is 0 Å². The van der Waals surface area contributed by atoms with E-state index in [1.54, 1.807) is 0 Å². The van der Waals surface area contributed by atoms with Gasteiger partial charge in [-0.1, -0.05) is 31.4 Å². The Hall–Kier alpha value is -1.23. The van der Waals surface area contributed by atoms with Crippen molar-refractivity contribution in [1.29, 1.82) is 0 Å². The van der Waals surface area contributed by atoms with Gasteiger partial charge < -0.3 is 5.32 Å². The van der Waals surface area contributed by atoms with E-state index < -0.39 is 17.6 Å². The molecule has 0 radical (unpaired) electrons. The summed E-state index contributed by atoms with van der Waals surface area (Å²) in [7, 11) is 0. The van der Waals surface area contributed by atoms with Crippen LogP contribution in [0.15, 0.2) is 24.3 Å². The van der Waals surface area contributed by atoms with E-state index in [0.717, 1.165) is 31.7 Å². The topological polar surface area (TPSA) is 29.1 Å². The number of carbonyl (C=O) groups excluding carboxylic acids is 1. The number of rotatable bonds is 2. The van der Waals surface area contributed by atoms with E-state index in [1.165, 1.54) is 18.2 Å². The first-order valence-electron chi connectivity index (χ1n) is 7.01. The minimum atomic E-state index is -4.54. The molecule has 1 aromatic carbocycles. The van der Waals surface area contributed by atoms with Crippen molar-refractivity contribution in [2.24, 2.45) is 0 Å². The van der Waals surface area contributed by atoms with Crippen LogP contribution in [0.4, 0.5) is 13.2 Å². The minimum Gasteiger partial charge on any atom is -0.348 e. The zero-order chi connectivity index (χ0) is 15.5. The predicted octanol–water partition coefficient (Wildman–Crippen LogP) is 4.38. The van der Waals surface area contributed by atoms with Crippen LogP contribution in [0.3, 0.4) is 0 Å². The van der Waals surface area contributed by atoms with Crippen molar-refractivity contribution in [3.8, 4) is 0 Å². The van der Waals surface area contributed by atoms with Gasteiger partial charge in [-0.3, -0.25) is 4.79 Å². The van der Waals surface area contributed by atoms with Crippen LogP contribution in [0.25, 0.3) is 0 Å². The van der Waals surface area contributed by atoms with Gasteiger partial charge in [-0.05, 0) is 25.0 Å². The molecule has 2 rings (SSSR count). The lowest BCUT2D eigenvalue weighted by atomic mass is 10.0. The summed E-state index contributed by atoms with van der Waals surface area (Å²) < 4.78 is 38.8. The van der Waals surface area contributed by atoms with E-state index in [2.05, 4.69) is 5.32 Å². The SMILES string of the molecule is O=C(NC1CCCCCC1Cl)c1ccccc1C(F)(F)F. The van der Waals surface area contributed by atoms with Crippen LogP contribution < -0.4 is 5.32 Å². The molecule has 1 saturated carbocycles. The van der Waals surface area contributed by atoms with E-state index in [9.17, 15) is 18.0 Å². The van der Waals surface area contributed by atoms with Crippen molar-refractivity contribution in [3.05, 3.63) is 35.4 Å². The molecule has 0 spiro atoms. The quantitative estimate of drug-likeness (QED) is 0.636. The van der Waals surface area contributed by atoms with Crippen molar-refractivity contribution in [1.82, 2.24) is 5.32 Å². The molecule has 1 aliphatic rings. The Labute approximate surface area is 126 Å². The van der Waals surface area contributed by atoms with Crippen LogP contribution in [-0.4, -0.2) is 17.3 Å². The minimum absolute atomic E-state index is 0.227. The highest BCUT2D eigenvalue weighted by atomic mass is 35.5. The van der Waals surface area contributed by atoms with Crippen molar-refractivity contribution in [3.63, 3.8) is 0 Å². The van der Waals surface area contributed by atoms with Crippen molar-refractivity contribution >= 4 is 17.5 Å². The van der Waals surface area contributed by atoms with E-state index in [-0.39, 0.29) is 17.0 Å². The molecule has 1 aliphatic carbocycles. The molecule has 0 heterocycles. The van der Waals surface area contributed by atoms with Gasteiger partial charge in [-0.25, -0.2) is 0 Å². The van der Waals surface area contributed by atoms with E-state index in [4.69, 9.17) is 11.6 Å². The highest BCUT2D eigenvalue weighted by molar-refractivity contribution is 6.21. The second-order valence-electron chi connectivity index (χ2n) is 5.28. The molecule has 116 valence electrons. The largest absolute Gasteiger partial charge is 0.417 e. The standard InChI is InChI=1S/C15H17ClF3NO/c16-12-8-2-1-3-9-13(12)20-14(21)10-6-4-5-7-11(10)15(17,18)19/h4-7,12-13H,1-3,8-9H2,(H,20,21). The number of alkyl halides is 4. The molecular formula is C15H17ClF3NO. The Morgan fingerprint density at radius 1 is 1.14 bits per heavy atom. The Morgan fingerprint density at radius 2 is 1.81 bits per heavy atom. The smallest absolute Gasteiger partial charge is 0.348 e. The Morgan fingerprint density at radius 3 is 2.52 bits per heavy atom. The molecule has 2 atom stereocenters. The molecule has 2 nitrogen and oxygen atoms in total. The monoisotopic (exact) mass is 319 g/mol. The summed E-state index contributed by atoms with van der Waals surface area (Å²) >= 11 is 6.21. The molecule has 1 amide bonds. The number of halogens is 4. The van der Waals surface area contributed by atoms with E-state index in [1.807, 2.05) is 0 Å². The lowest BCUT2D eigenvalue weighted by molar-refractivity contribution is -0.137. The van der Waals surface area contributed by atoms with Gasteiger partial charge in [0.1, 0.15) is 0 Å². The van der Waals surface area contributed by atoms with Gasteiger partial charge in [-0.15, -0.1) is 11.6 Å². The number of nitrogens with one attached hydrogen (secondary N) is 1. The van der Waals surface area contributed by atoms with Crippen LogP contribution in [0.1, 0.15) is 48.0 Å². The maximum atomic E-state index is 12.9. The zero-order valence-corrected chi connectivity index (χ0v) is 12.2. The number of carbonyl (C=O) groups is 1. The summed E-state index contributed by atoms with van der Waals surface area (Å²) in [5, 5.41) is 2.44. The van der Waals surface area contributed by atoms with E-state index in [0.29, 0.717) is 6.42 Å². The van der Waals surface area contributed by atoms with Crippen LogP contribution >= 0.6 is 11.6 Å². The summed E-state index contributed by atoms with van der Waals surface area (Å²) in [5.74, 6) is -0.708. The number of benzene rings is 1. The molecule has 1 aromatic rings. The molecule has 0 bridgehead atoms. The summed E-state index contributed by atoms with van der Waals surface area (Å²) in [6.45, 7) is 0. The lowest BCUT2D eigenvalue weighted by Gasteiger charge is -2.22. The van der Waals surface area contributed by atoms with Gasteiger partial charge in [0.2, 0.25) is 0 Å². The van der Waals surface area contributed by atoms with Crippen molar-refractivity contribution in [2.45, 2.75) is 49.7 Å². The highest BCUT2D eigenvalue weighted by Crippen LogP contribution is 2.32. The van der Waals surface area contributed by atoms with Crippen LogP contribution in [0.2, 0.25) is 0 Å². The van der Waals surface area contributed by atoms with Gasteiger partial charge in [0.05, 0.1) is 16.5 Å². The van der Waals surface area contributed by atoms with Crippen LogP contribution in [-0.2, 0) is 6.18 Å². The van der Waals surface area contributed by atoms with Gasteiger partial charge >= 0.3 is 6.18 Å². The summed E-state index contributed by atoms with van der Waals surface area (Å²) in [4.78, 5) is 12.2. The molecule has 6 heteroatoms. The van der Waals surface area contributed by atoms with Gasteiger partial charge in [0.15, 0.2) is 0 Å². The predicted molar refractivity (Wildman–Crippen MR) is 75.4 cm³/mol. The average Bonchev–Trinajstić information content (AvgIpc) is 2.63. The second kappa shape index (κ2) is 6.69. The fourth-order valence-corrected chi connectivity index (χ4v) is 2.94. The third kappa shape index (κ3) is 4.13. The highest BCUT2D eigenvalue weighted by Gasteiger charge is 2.35. The fraction of sp³-hybridized carbons (Fsp3) is 0.533. The average molecular weight is 320 g/mol. The molecule has 2 unspecified atom stereocenters. The second-order valence-corrected chi connectivity index (χ2v) is 5.84. The molecule has 1 N–H and O–H groups in total. The Balaban J connectivity index is 2.17. The summed E-state index contributed by atoms with van der Waals surface area (Å²) in [6, 6.07) is 4.53. The molecule has 0 aromatic heterocycles. The number of amides is 1. The normalized spacial score (nSPS) is 23.4. The van der Waals surface area contributed by atoms with Crippen molar-refractivity contribution in [2.75, 3.05) is 0 Å². The summed E-state index contributed by atoms with van der Waals surface area (Å²) in [5.41, 5.74) is -1.26. The maximum absolute atomic E-state index is 12.9. The Bertz CT molecular complexity index is 504. The molecular weight excluding hydrogens is 303 g/mol. The molecule has 21 heavy (non-hydrogen) atoms. The van der Waals surface area contributed by atoms with Gasteiger partial charge in [-0.2, -0.15) is 13.2 Å². The lowest BCUT2D eigenvalue weighted by Crippen LogP contribution is -2.41. The van der Waals surface area contributed by atoms with Crippen molar-refractivity contribution < 1.29 is 18.0 Å². The molecule has 0 saturated heterocycles. The van der Waals surface area contributed by atoms with Crippen LogP contribution in [0, 0.1) is 0 Å². The first-order chi connectivity index (χ1) is 9.89. The third-order valence-corrected chi connectivity index (χ3v) is 4.25. The van der Waals surface area contributed by atoms with Gasteiger partial charge in [0.25, 0.3) is 5.91 Å². The third-order valence-electron chi connectivity index (χ3n) is 3.73. The zero-order valence-electron chi connectivity index (χ0n) is 11.4. The number of hydrogen-bond donors (Lipinski definition) is 1.